The first-order chi connectivity index (χ1) is 12.7. The third-order valence-corrected chi connectivity index (χ3v) is 4.57. The molecule has 1 saturated heterocycles. The third kappa shape index (κ3) is 2.99. The van der Waals surface area contributed by atoms with Crippen LogP contribution in [0.1, 0.15) is 26.3 Å². The van der Waals surface area contributed by atoms with Crippen LogP contribution in [-0.2, 0) is 4.74 Å². The molecule has 0 aliphatic carbocycles. The second-order valence-electron chi connectivity index (χ2n) is 6.74. The number of nitrogens with one attached hydrogen (secondary N) is 1. The van der Waals surface area contributed by atoms with Crippen molar-refractivity contribution in [2.75, 3.05) is 25.6 Å². The van der Waals surface area contributed by atoms with Gasteiger partial charge in [0, 0.05) is 18.8 Å². The van der Waals surface area contributed by atoms with Crippen molar-refractivity contribution >= 4 is 16.7 Å². The van der Waals surface area contributed by atoms with Crippen molar-refractivity contribution in [2.45, 2.75) is 32.4 Å². The Balaban J connectivity index is 1.87. The van der Waals surface area contributed by atoms with E-state index in [4.69, 9.17) is 14.5 Å². The Bertz CT molecular complexity index is 915. The van der Waals surface area contributed by atoms with E-state index in [2.05, 4.69) is 35.3 Å². The monoisotopic (exact) mass is 353 g/mol. The highest BCUT2D eigenvalue weighted by Gasteiger charge is 2.21. The van der Waals surface area contributed by atoms with Crippen molar-refractivity contribution in [1.82, 2.24) is 19.7 Å². The lowest BCUT2D eigenvalue weighted by atomic mass is 10.1. The average Bonchev–Trinajstić information content (AvgIpc) is 3.31. The first-order valence-electron chi connectivity index (χ1n) is 8.89. The molecule has 1 fully saturated rings. The van der Waals surface area contributed by atoms with Crippen LogP contribution in [0.5, 0.6) is 5.88 Å². The molecule has 0 amide bonds. The van der Waals surface area contributed by atoms with Gasteiger partial charge in [0.25, 0.3) is 0 Å². The van der Waals surface area contributed by atoms with Crippen molar-refractivity contribution in [2.24, 2.45) is 0 Å². The molecule has 1 aliphatic rings. The molecule has 0 saturated carbocycles. The predicted molar refractivity (Wildman–Crippen MR) is 101 cm³/mol. The minimum atomic E-state index is 0.244. The SMILES string of the molecule is COc1ncccc1-c1cc(N[C@@H]2CCOC2)c2c(cnn2C(C)C)n1. The van der Waals surface area contributed by atoms with Crippen LogP contribution in [-0.4, -0.2) is 46.1 Å². The van der Waals surface area contributed by atoms with Gasteiger partial charge in [-0.2, -0.15) is 5.10 Å². The van der Waals surface area contributed by atoms with Gasteiger partial charge in [-0.3, -0.25) is 4.68 Å². The number of hydrogen-bond donors (Lipinski definition) is 1. The summed E-state index contributed by atoms with van der Waals surface area (Å²) < 4.78 is 12.9. The fraction of sp³-hybridized carbons (Fsp3) is 0.421. The average molecular weight is 353 g/mol. The molecular formula is C19H23N5O2. The predicted octanol–water partition coefficient (Wildman–Crippen LogP) is 3.28. The first-order valence-corrected chi connectivity index (χ1v) is 8.89. The summed E-state index contributed by atoms with van der Waals surface area (Å²) in [5.41, 5.74) is 4.55. The summed E-state index contributed by atoms with van der Waals surface area (Å²) in [4.78, 5) is 9.11. The van der Waals surface area contributed by atoms with Crippen LogP contribution >= 0.6 is 0 Å². The summed E-state index contributed by atoms with van der Waals surface area (Å²) in [6, 6.07) is 6.45. The number of anilines is 1. The highest BCUT2D eigenvalue weighted by Crippen LogP contribution is 2.33. The molecule has 26 heavy (non-hydrogen) atoms. The summed E-state index contributed by atoms with van der Waals surface area (Å²) in [6.45, 7) is 5.74. The van der Waals surface area contributed by atoms with E-state index in [1.54, 1.807) is 13.3 Å². The molecule has 7 nitrogen and oxygen atoms in total. The molecule has 3 aromatic rings. The van der Waals surface area contributed by atoms with Gasteiger partial charge in [0.2, 0.25) is 5.88 Å². The molecule has 4 rings (SSSR count). The molecule has 0 unspecified atom stereocenters. The van der Waals surface area contributed by atoms with E-state index in [1.165, 1.54) is 0 Å². The van der Waals surface area contributed by atoms with E-state index < -0.39 is 0 Å². The van der Waals surface area contributed by atoms with Gasteiger partial charge in [-0.25, -0.2) is 9.97 Å². The fourth-order valence-electron chi connectivity index (χ4n) is 3.32. The maximum atomic E-state index is 5.52. The Morgan fingerprint density at radius 1 is 1.38 bits per heavy atom. The van der Waals surface area contributed by atoms with E-state index in [1.807, 2.05) is 23.0 Å². The van der Waals surface area contributed by atoms with Crippen molar-refractivity contribution in [3.05, 3.63) is 30.6 Å². The quantitative estimate of drug-likeness (QED) is 0.759. The van der Waals surface area contributed by atoms with Gasteiger partial charge in [0.15, 0.2) is 0 Å². The number of nitrogens with zero attached hydrogens (tertiary/aromatic N) is 4. The fourth-order valence-corrected chi connectivity index (χ4v) is 3.32. The molecule has 3 aromatic heterocycles. The number of fused-ring (bicyclic) bond motifs is 1. The smallest absolute Gasteiger partial charge is 0.222 e. The van der Waals surface area contributed by atoms with Crippen LogP contribution in [0.4, 0.5) is 5.69 Å². The molecule has 1 N–H and O–H groups in total. The van der Waals surface area contributed by atoms with Crippen molar-refractivity contribution in [1.29, 1.82) is 0 Å². The first kappa shape index (κ1) is 16.8. The van der Waals surface area contributed by atoms with Gasteiger partial charge >= 0.3 is 0 Å². The maximum Gasteiger partial charge on any atom is 0.222 e. The van der Waals surface area contributed by atoms with Crippen LogP contribution in [0.3, 0.4) is 0 Å². The molecule has 0 aromatic carbocycles. The summed E-state index contributed by atoms with van der Waals surface area (Å²) >= 11 is 0. The van der Waals surface area contributed by atoms with Gasteiger partial charge in [-0.1, -0.05) is 0 Å². The van der Waals surface area contributed by atoms with Crippen LogP contribution < -0.4 is 10.1 Å². The number of ether oxygens (including phenoxy) is 2. The summed E-state index contributed by atoms with van der Waals surface area (Å²) in [7, 11) is 1.62. The Kier molecular flexibility index (Phi) is 4.46. The lowest BCUT2D eigenvalue weighted by Gasteiger charge is -2.17. The third-order valence-electron chi connectivity index (χ3n) is 4.57. The molecule has 136 valence electrons. The molecular weight excluding hydrogens is 330 g/mol. The Labute approximate surface area is 152 Å². The zero-order chi connectivity index (χ0) is 18.1. The highest BCUT2D eigenvalue weighted by molar-refractivity contribution is 5.91. The van der Waals surface area contributed by atoms with Gasteiger partial charge in [0.05, 0.1) is 42.9 Å². The molecule has 7 heteroatoms. The molecule has 0 radical (unpaired) electrons. The van der Waals surface area contributed by atoms with E-state index in [-0.39, 0.29) is 6.04 Å². The Morgan fingerprint density at radius 3 is 3.00 bits per heavy atom. The minimum absolute atomic E-state index is 0.244. The number of aromatic nitrogens is 4. The Hall–Kier alpha value is -2.67. The molecule has 1 atom stereocenters. The van der Waals surface area contributed by atoms with Crippen LogP contribution in [0.25, 0.3) is 22.3 Å². The number of rotatable bonds is 5. The molecule has 0 spiro atoms. The van der Waals surface area contributed by atoms with Gasteiger partial charge in [-0.05, 0) is 38.5 Å². The Morgan fingerprint density at radius 2 is 2.27 bits per heavy atom. The maximum absolute atomic E-state index is 5.52. The van der Waals surface area contributed by atoms with E-state index in [0.29, 0.717) is 18.5 Å². The summed E-state index contributed by atoms with van der Waals surface area (Å²) in [5.74, 6) is 0.561. The summed E-state index contributed by atoms with van der Waals surface area (Å²) in [6.07, 6.45) is 4.52. The van der Waals surface area contributed by atoms with E-state index in [9.17, 15) is 0 Å². The molecule has 1 aliphatic heterocycles. The number of methoxy groups -OCH3 is 1. The van der Waals surface area contributed by atoms with Gasteiger partial charge in [0.1, 0.15) is 11.0 Å². The van der Waals surface area contributed by atoms with Gasteiger partial charge in [-0.15, -0.1) is 0 Å². The topological polar surface area (TPSA) is 74.1 Å². The van der Waals surface area contributed by atoms with E-state index >= 15 is 0 Å². The van der Waals surface area contributed by atoms with E-state index in [0.717, 1.165) is 41.0 Å². The number of pyridine rings is 2. The molecule has 0 bridgehead atoms. The van der Waals surface area contributed by atoms with Crippen LogP contribution in [0, 0.1) is 0 Å². The molecule has 4 heterocycles. The normalized spacial score (nSPS) is 17.2. The van der Waals surface area contributed by atoms with Gasteiger partial charge < -0.3 is 14.8 Å². The standard InChI is InChI=1S/C19H23N5O2/c1-12(2)24-18-16(22-13-6-8-26-11-13)9-15(23-17(18)10-21-24)14-5-4-7-20-19(14)25-3/h4-5,7,9-10,12-13H,6,8,11H2,1-3H3,(H,22,23)/t13-/m1/s1. The van der Waals surface area contributed by atoms with Crippen LogP contribution in [0.2, 0.25) is 0 Å². The van der Waals surface area contributed by atoms with Crippen molar-refractivity contribution in [3.8, 4) is 17.1 Å². The summed E-state index contributed by atoms with van der Waals surface area (Å²) in [5, 5.41) is 8.17. The largest absolute Gasteiger partial charge is 0.481 e. The number of hydrogen-bond acceptors (Lipinski definition) is 6. The van der Waals surface area contributed by atoms with Crippen molar-refractivity contribution < 1.29 is 9.47 Å². The second kappa shape index (κ2) is 6.92. The minimum Gasteiger partial charge on any atom is -0.481 e. The second-order valence-corrected chi connectivity index (χ2v) is 6.74. The highest BCUT2D eigenvalue weighted by atomic mass is 16.5. The zero-order valence-electron chi connectivity index (χ0n) is 15.3. The lowest BCUT2D eigenvalue weighted by Crippen LogP contribution is -2.20. The zero-order valence-corrected chi connectivity index (χ0v) is 15.3. The van der Waals surface area contributed by atoms with Crippen molar-refractivity contribution in [3.63, 3.8) is 0 Å². The lowest BCUT2D eigenvalue weighted by molar-refractivity contribution is 0.195. The van der Waals surface area contributed by atoms with Crippen LogP contribution in [0.15, 0.2) is 30.6 Å².